The van der Waals surface area contributed by atoms with Crippen molar-refractivity contribution < 1.29 is 9.90 Å². The molecule has 2 rings (SSSR count). The molecule has 0 amide bonds. The molecule has 4 nitrogen and oxygen atoms in total. The summed E-state index contributed by atoms with van der Waals surface area (Å²) in [6.07, 6.45) is 0. The van der Waals surface area contributed by atoms with Gasteiger partial charge in [0.05, 0.1) is 5.92 Å². The van der Waals surface area contributed by atoms with E-state index in [1.165, 1.54) is 5.69 Å². The molecule has 1 atom stereocenters. The third-order valence-corrected chi connectivity index (χ3v) is 3.45. The predicted molar refractivity (Wildman–Crippen MR) is 71.9 cm³/mol. The van der Waals surface area contributed by atoms with Crippen LogP contribution in [-0.2, 0) is 4.79 Å². The van der Waals surface area contributed by atoms with Gasteiger partial charge in [-0.25, -0.2) is 0 Å². The topological polar surface area (TPSA) is 43.8 Å². The van der Waals surface area contributed by atoms with Gasteiger partial charge in [-0.1, -0.05) is 25.1 Å². The first-order valence-corrected chi connectivity index (χ1v) is 6.42. The Hall–Kier alpha value is -1.55. The maximum Gasteiger partial charge on any atom is 0.307 e. The Morgan fingerprint density at radius 3 is 2.39 bits per heavy atom. The number of nitrogens with zero attached hydrogens (tertiary/aromatic N) is 2. The Balaban J connectivity index is 1.83. The van der Waals surface area contributed by atoms with Crippen LogP contribution in [0, 0.1) is 5.92 Å². The van der Waals surface area contributed by atoms with E-state index in [0.29, 0.717) is 6.54 Å². The maximum absolute atomic E-state index is 10.8. The fourth-order valence-electron chi connectivity index (χ4n) is 2.29. The lowest BCUT2D eigenvalue weighted by Crippen LogP contribution is -2.48. The number of aliphatic carboxylic acids is 1. The predicted octanol–water partition coefficient (Wildman–Crippen LogP) is 1.53. The Morgan fingerprint density at radius 2 is 1.83 bits per heavy atom. The average molecular weight is 248 g/mol. The molecule has 1 heterocycles. The van der Waals surface area contributed by atoms with Gasteiger partial charge in [-0.3, -0.25) is 9.69 Å². The molecule has 0 saturated carbocycles. The third kappa shape index (κ3) is 3.23. The van der Waals surface area contributed by atoms with Crippen LogP contribution in [0.4, 0.5) is 5.69 Å². The summed E-state index contributed by atoms with van der Waals surface area (Å²) < 4.78 is 0. The summed E-state index contributed by atoms with van der Waals surface area (Å²) in [5, 5.41) is 8.91. The summed E-state index contributed by atoms with van der Waals surface area (Å²) in [4.78, 5) is 15.4. The lowest BCUT2D eigenvalue weighted by Gasteiger charge is -2.36. The van der Waals surface area contributed by atoms with E-state index in [1.807, 2.05) is 18.2 Å². The van der Waals surface area contributed by atoms with Gasteiger partial charge in [0, 0.05) is 38.4 Å². The smallest absolute Gasteiger partial charge is 0.307 e. The molecule has 1 fully saturated rings. The second-order valence-corrected chi connectivity index (χ2v) is 4.86. The molecule has 1 saturated heterocycles. The van der Waals surface area contributed by atoms with E-state index in [-0.39, 0.29) is 5.92 Å². The molecule has 1 unspecified atom stereocenters. The quantitative estimate of drug-likeness (QED) is 0.877. The monoisotopic (exact) mass is 248 g/mol. The minimum absolute atomic E-state index is 0.284. The van der Waals surface area contributed by atoms with E-state index < -0.39 is 5.97 Å². The van der Waals surface area contributed by atoms with E-state index in [4.69, 9.17) is 5.11 Å². The van der Waals surface area contributed by atoms with Crippen LogP contribution < -0.4 is 4.90 Å². The fourth-order valence-corrected chi connectivity index (χ4v) is 2.29. The molecule has 1 aliphatic heterocycles. The van der Waals surface area contributed by atoms with Crippen molar-refractivity contribution in [3.8, 4) is 0 Å². The van der Waals surface area contributed by atoms with Crippen molar-refractivity contribution in [3.05, 3.63) is 30.3 Å². The first kappa shape index (κ1) is 12.9. The number of carboxylic acids is 1. The van der Waals surface area contributed by atoms with Gasteiger partial charge in [0.25, 0.3) is 0 Å². The number of benzene rings is 1. The second kappa shape index (κ2) is 5.87. The van der Waals surface area contributed by atoms with Crippen LogP contribution in [0.5, 0.6) is 0 Å². The zero-order valence-electron chi connectivity index (χ0n) is 10.7. The lowest BCUT2D eigenvalue weighted by atomic mass is 10.1. The summed E-state index contributed by atoms with van der Waals surface area (Å²) in [5.41, 5.74) is 1.25. The summed E-state index contributed by atoms with van der Waals surface area (Å²) in [7, 11) is 0. The van der Waals surface area contributed by atoms with Gasteiger partial charge in [-0.2, -0.15) is 0 Å². The minimum atomic E-state index is -0.708. The van der Waals surface area contributed by atoms with Crippen molar-refractivity contribution in [3.63, 3.8) is 0 Å². The average Bonchev–Trinajstić information content (AvgIpc) is 2.40. The number of hydrogen-bond acceptors (Lipinski definition) is 3. The van der Waals surface area contributed by atoms with Gasteiger partial charge in [-0.15, -0.1) is 0 Å². The van der Waals surface area contributed by atoms with Crippen molar-refractivity contribution in [2.24, 2.45) is 5.92 Å². The number of piperazine rings is 1. The Bertz CT molecular complexity index is 386. The van der Waals surface area contributed by atoms with E-state index >= 15 is 0 Å². The molecule has 0 aliphatic carbocycles. The molecular formula is C14H20N2O2. The van der Waals surface area contributed by atoms with Crippen LogP contribution in [0.2, 0.25) is 0 Å². The van der Waals surface area contributed by atoms with E-state index in [1.54, 1.807) is 6.92 Å². The van der Waals surface area contributed by atoms with Crippen molar-refractivity contribution in [2.75, 3.05) is 37.6 Å². The molecular weight excluding hydrogens is 228 g/mol. The SMILES string of the molecule is CC(CN1CCN(c2ccccc2)CC1)C(=O)O. The van der Waals surface area contributed by atoms with E-state index in [2.05, 4.69) is 21.9 Å². The van der Waals surface area contributed by atoms with Crippen LogP contribution in [0.3, 0.4) is 0 Å². The Morgan fingerprint density at radius 1 is 1.22 bits per heavy atom. The molecule has 4 heteroatoms. The largest absolute Gasteiger partial charge is 0.481 e. The summed E-state index contributed by atoms with van der Waals surface area (Å²) >= 11 is 0. The fraction of sp³-hybridized carbons (Fsp3) is 0.500. The number of carboxylic acid groups (broad SMARTS) is 1. The number of anilines is 1. The molecule has 1 aromatic carbocycles. The molecule has 0 aromatic heterocycles. The summed E-state index contributed by atoms with van der Waals surface area (Å²) in [6, 6.07) is 10.4. The highest BCUT2D eigenvalue weighted by Crippen LogP contribution is 2.16. The van der Waals surface area contributed by atoms with Gasteiger partial charge in [0.15, 0.2) is 0 Å². The van der Waals surface area contributed by atoms with Crippen LogP contribution in [0.1, 0.15) is 6.92 Å². The number of rotatable bonds is 4. The van der Waals surface area contributed by atoms with Crippen LogP contribution in [0.25, 0.3) is 0 Å². The summed E-state index contributed by atoms with van der Waals surface area (Å²) in [6.45, 7) is 6.23. The molecule has 0 spiro atoms. The third-order valence-electron chi connectivity index (χ3n) is 3.45. The molecule has 1 aromatic rings. The molecule has 1 N–H and O–H groups in total. The zero-order chi connectivity index (χ0) is 13.0. The highest BCUT2D eigenvalue weighted by Gasteiger charge is 2.21. The highest BCUT2D eigenvalue weighted by atomic mass is 16.4. The van der Waals surface area contributed by atoms with E-state index in [0.717, 1.165) is 26.2 Å². The summed E-state index contributed by atoms with van der Waals surface area (Å²) in [5.74, 6) is -0.992. The Kier molecular flexibility index (Phi) is 4.20. The number of hydrogen-bond donors (Lipinski definition) is 1. The van der Waals surface area contributed by atoms with Crippen LogP contribution >= 0.6 is 0 Å². The molecule has 1 aliphatic rings. The van der Waals surface area contributed by atoms with Crippen LogP contribution in [0.15, 0.2) is 30.3 Å². The van der Waals surface area contributed by atoms with Crippen molar-refractivity contribution >= 4 is 11.7 Å². The highest BCUT2D eigenvalue weighted by molar-refractivity contribution is 5.69. The van der Waals surface area contributed by atoms with Gasteiger partial charge in [0.1, 0.15) is 0 Å². The molecule has 18 heavy (non-hydrogen) atoms. The molecule has 98 valence electrons. The second-order valence-electron chi connectivity index (χ2n) is 4.86. The van der Waals surface area contributed by atoms with Crippen molar-refractivity contribution in [1.29, 1.82) is 0 Å². The number of para-hydroxylation sites is 1. The van der Waals surface area contributed by atoms with Gasteiger partial charge < -0.3 is 10.0 Å². The van der Waals surface area contributed by atoms with Crippen molar-refractivity contribution in [2.45, 2.75) is 6.92 Å². The zero-order valence-corrected chi connectivity index (χ0v) is 10.7. The molecule has 0 radical (unpaired) electrons. The first-order chi connectivity index (χ1) is 8.66. The standard InChI is InChI=1S/C14H20N2O2/c1-12(14(17)18)11-15-7-9-16(10-8-15)13-5-3-2-4-6-13/h2-6,12H,7-11H2,1H3,(H,17,18). The van der Waals surface area contributed by atoms with Crippen LogP contribution in [-0.4, -0.2) is 48.7 Å². The Labute approximate surface area is 108 Å². The lowest BCUT2D eigenvalue weighted by molar-refractivity contribution is -0.141. The van der Waals surface area contributed by atoms with Crippen molar-refractivity contribution in [1.82, 2.24) is 4.90 Å². The van der Waals surface area contributed by atoms with Gasteiger partial charge >= 0.3 is 5.97 Å². The maximum atomic E-state index is 10.8. The minimum Gasteiger partial charge on any atom is -0.481 e. The number of carbonyl (C=O) groups is 1. The molecule has 0 bridgehead atoms. The first-order valence-electron chi connectivity index (χ1n) is 6.42. The van der Waals surface area contributed by atoms with E-state index in [9.17, 15) is 4.79 Å². The van der Waals surface area contributed by atoms with Gasteiger partial charge in [-0.05, 0) is 12.1 Å². The van der Waals surface area contributed by atoms with Gasteiger partial charge in [0.2, 0.25) is 0 Å². The normalized spacial score (nSPS) is 18.6.